The van der Waals surface area contributed by atoms with Crippen LogP contribution in [-0.4, -0.2) is 52.8 Å². The van der Waals surface area contributed by atoms with Crippen LogP contribution in [0.1, 0.15) is 22.5 Å². The van der Waals surface area contributed by atoms with E-state index >= 15 is 0 Å². The number of amides is 2. The lowest BCUT2D eigenvalue weighted by atomic mass is 10.2. The lowest BCUT2D eigenvalue weighted by molar-refractivity contribution is -0.130. The number of hydrogen-bond donors (Lipinski definition) is 0. The first-order valence-electron chi connectivity index (χ1n) is 7.73. The van der Waals surface area contributed by atoms with Crippen molar-refractivity contribution >= 4 is 11.8 Å². The van der Waals surface area contributed by atoms with Crippen molar-refractivity contribution in [2.24, 2.45) is 0 Å². The van der Waals surface area contributed by atoms with E-state index in [1.165, 1.54) is 6.26 Å². The fourth-order valence-corrected chi connectivity index (χ4v) is 2.72. The zero-order chi connectivity index (χ0) is 16.1. The van der Waals surface area contributed by atoms with Gasteiger partial charge in [0.05, 0.1) is 12.7 Å². The van der Waals surface area contributed by atoms with Gasteiger partial charge in [0.25, 0.3) is 5.91 Å². The molecule has 1 saturated heterocycles. The summed E-state index contributed by atoms with van der Waals surface area (Å²) in [5.74, 6) is 0.307. The highest BCUT2D eigenvalue weighted by Gasteiger charge is 2.24. The van der Waals surface area contributed by atoms with Crippen LogP contribution in [0.25, 0.3) is 0 Å². The summed E-state index contributed by atoms with van der Waals surface area (Å²) in [6, 6.07) is 7.09. The van der Waals surface area contributed by atoms with E-state index in [4.69, 9.17) is 4.42 Å². The summed E-state index contributed by atoms with van der Waals surface area (Å²) in [5.41, 5.74) is 0.908. The summed E-state index contributed by atoms with van der Waals surface area (Å²) in [4.78, 5) is 32.3. The summed E-state index contributed by atoms with van der Waals surface area (Å²) in [7, 11) is 0. The van der Waals surface area contributed by atoms with E-state index in [9.17, 15) is 9.59 Å². The molecule has 0 radical (unpaired) electrons. The van der Waals surface area contributed by atoms with Crippen LogP contribution in [0.4, 0.5) is 0 Å². The minimum atomic E-state index is -0.114. The molecule has 1 aliphatic rings. The molecule has 3 rings (SSSR count). The van der Waals surface area contributed by atoms with Gasteiger partial charge in [-0.25, -0.2) is 0 Å². The molecule has 0 saturated carbocycles. The number of nitrogens with zero attached hydrogens (tertiary/aromatic N) is 3. The number of furan rings is 1. The Labute approximate surface area is 134 Å². The monoisotopic (exact) mass is 313 g/mol. The van der Waals surface area contributed by atoms with Crippen LogP contribution in [0, 0.1) is 0 Å². The zero-order valence-electron chi connectivity index (χ0n) is 12.9. The van der Waals surface area contributed by atoms with Gasteiger partial charge in [0.15, 0.2) is 5.76 Å². The number of pyridine rings is 1. The van der Waals surface area contributed by atoms with E-state index in [1.807, 2.05) is 17.0 Å². The Bertz CT molecular complexity index is 655. The molecule has 2 amide bonds. The Kier molecular flexibility index (Phi) is 4.71. The SMILES string of the molecule is O=C(Cc1cccnc1)N1CCCN(C(=O)c2ccco2)CC1. The van der Waals surface area contributed by atoms with Gasteiger partial charge in [-0.1, -0.05) is 6.07 Å². The van der Waals surface area contributed by atoms with E-state index in [-0.39, 0.29) is 11.8 Å². The fourth-order valence-electron chi connectivity index (χ4n) is 2.72. The highest BCUT2D eigenvalue weighted by Crippen LogP contribution is 2.11. The van der Waals surface area contributed by atoms with Gasteiger partial charge in [0.2, 0.25) is 5.91 Å². The molecule has 0 aromatic carbocycles. The van der Waals surface area contributed by atoms with Gasteiger partial charge in [-0.3, -0.25) is 14.6 Å². The van der Waals surface area contributed by atoms with E-state index in [2.05, 4.69) is 4.98 Å². The smallest absolute Gasteiger partial charge is 0.289 e. The average molecular weight is 313 g/mol. The Balaban J connectivity index is 1.58. The lowest BCUT2D eigenvalue weighted by Crippen LogP contribution is -2.37. The van der Waals surface area contributed by atoms with Crippen molar-refractivity contribution < 1.29 is 14.0 Å². The lowest BCUT2D eigenvalue weighted by Gasteiger charge is -2.21. The first kappa shape index (κ1) is 15.3. The third-order valence-corrected chi connectivity index (χ3v) is 3.95. The maximum atomic E-state index is 12.4. The fraction of sp³-hybridized carbons (Fsp3) is 0.353. The molecular formula is C17H19N3O3. The molecular weight excluding hydrogens is 294 g/mol. The second-order valence-electron chi connectivity index (χ2n) is 5.54. The zero-order valence-corrected chi connectivity index (χ0v) is 12.9. The average Bonchev–Trinajstić information content (AvgIpc) is 2.99. The van der Waals surface area contributed by atoms with Crippen molar-refractivity contribution in [2.75, 3.05) is 26.2 Å². The largest absolute Gasteiger partial charge is 0.459 e. The standard InChI is InChI=1S/C17H19N3O3/c21-16(12-14-4-1-6-18-13-14)19-7-3-8-20(10-9-19)17(22)15-5-2-11-23-15/h1-2,4-6,11,13H,3,7-10,12H2. The predicted molar refractivity (Wildman–Crippen MR) is 83.7 cm³/mol. The first-order chi connectivity index (χ1) is 11.2. The molecule has 0 aliphatic carbocycles. The third-order valence-electron chi connectivity index (χ3n) is 3.95. The normalized spacial score (nSPS) is 15.3. The van der Waals surface area contributed by atoms with Crippen molar-refractivity contribution in [2.45, 2.75) is 12.8 Å². The van der Waals surface area contributed by atoms with E-state index in [1.54, 1.807) is 29.4 Å². The van der Waals surface area contributed by atoms with E-state index in [0.29, 0.717) is 38.4 Å². The van der Waals surface area contributed by atoms with Gasteiger partial charge in [-0.05, 0) is 30.2 Å². The van der Waals surface area contributed by atoms with Gasteiger partial charge in [-0.15, -0.1) is 0 Å². The molecule has 1 fully saturated rings. The molecule has 6 nitrogen and oxygen atoms in total. The molecule has 3 heterocycles. The van der Waals surface area contributed by atoms with Crippen molar-refractivity contribution in [1.82, 2.24) is 14.8 Å². The van der Waals surface area contributed by atoms with E-state index < -0.39 is 0 Å². The molecule has 1 aliphatic heterocycles. The molecule has 6 heteroatoms. The maximum absolute atomic E-state index is 12.4. The maximum Gasteiger partial charge on any atom is 0.289 e. The van der Waals surface area contributed by atoms with Crippen molar-refractivity contribution in [3.63, 3.8) is 0 Å². The number of aromatic nitrogens is 1. The molecule has 0 atom stereocenters. The Morgan fingerprint density at radius 3 is 2.65 bits per heavy atom. The van der Waals surface area contributed by atoms with Gasteiger partial charge < -0.3 is 14.2 Å². The second-order valence-corrected chi connectivity index (χ2v) is 5.54. The Hall–Kier alpha value is -2.63. The second kappa shape index (κ2) is 7.09. The molecule has 0 bridgehead atoms. The molecule has 2 aromatic rings. The summed E-state index contributed by atoms with van der Waals surface area (Å²) < 4.78 is 5.16. The topological polar surface area (TPSA) is 66.7 Å². The summed E-state index contributed by atoms with van der Waals surface area (Å²) >= 11 is 0. The van der Waals surface area contributed by atoms with Gasteiger partial charge in [-0.2, -0.15) is 0 Å². The van der Waals surface area contributed by atoms with Crippen LogP contribution in [0.15, 0.2) is 47.3 Å². The molecule has 0 unspecified atom stereocenters. The first-order valence-corrected chi connectivity index (χ1v) is 7.73. The van der Waals surface area contributed by atoms with Crippen LogP contribution >= 0.6 is 0 Å². The van der Waals surface area contributed by atoms with Gasteiger partial charge in [0.1, 0.15) is 0 Å². The van der Waals surface area contributed by atoms with E-state index in [0.717, 1.165) is 12.0 Å². The van der Waals surface area contributed by atoms with Crippen molar-refractivity contribution in [3.8, 4) is 0 Å². The molecule has 0 spiro atoms. The van der Waals surface area contributed by atoms with Crippen LogP contribution < -0.4 is 0 Å². The molecule has 0 N–H and O–H groups in total. The van der Waals surface area contributed by atoms with Crippen LogP contribution in [0.5, 0.6) is 0 Å². The van der Waals surface area contributed by atoms with Crippen LogP contribution in [0.2, 0.25) is 0 Å². The molecule has 23 heavy (non-hydrogen) atoms. The van der Waals surface area contributed by atoms with Crippen LogP contribution in [0.3, 0.4) is 0 Å². The summed E-state index contributed by atoms with van der Waals surface area (Å²) in [5, 5.41) is 0. The number of hydrogen-bond acceptors (Lipinski definition) is 4. The predicted octanol–water partition coefficient (Wildman–Crippen LogP) is 1.59. The number of rotatable bonds is 3. The van der Waals surface area contributed by atoms with Crippen molar-refractivity contribution in [1.29, 1.82) is 0 Å². The van der Waals surface area contributed by atoms with Gasteiger partial charge >= 0.3 is 0 Å². The Morgan fingerprint density at radius 1 is 1.09 bits per heavy atom. The minimum absolute atomic E-state index is 0.0743. The quantitative estimate of drug-likeness (QED) is 0.863. The highest BCUT2D eigenvalue weighted by atomic mass is 16.3. The van der Waals surface area contributed by atoms with Crippen LogP contribution in [-0.2, 0) is 11.2 Å². The molecule has 120 valence electrons. The van der Waals surface area contributed by atoms with Gasteiger partial charge in [0, 0.05) is 38.6 Å². The summed E-state index contributed by atoms with van der Waals surface area (Å²) in [6.45, 7) is 2.38. The Morgan fingerprint density at radius 2 is 1.91 bits per heavy atom. The highest BCUT2D eigenvalue weighted by molar-refractivity contribution is 5.91. The molecule has 2 aromatic heterocycles. The number of carbonyl (C=O) groups excluding carboxylic acids is 2. The van der Waals surface area contributed by atoms with Crippen molar-refractivity contribution in [3.05, 3.63) is 54.2 Å². The third kappa shape index (κ3) is 3.77. The summed E-state index contributed by atoms with van der Waals surface area (Å²) in [6.07, 6.45) is 6.01. The minimum Gasteiger partial charge on any atom is -0.459 e. The number of carbonyl (C=O) groups is 2.